The number of rotatable bonds is 0. The lowest BCUT2D eigenvalue weighted by atomic mass is 16.0. The zero-order valence-electron chi connectivity index (χ0n) is 1.86. The topological polar surface area (TPSA) is 17.1 Å². The van der Waals surface area contributed by atoms with Gasteiger partial charge in [-0.1, -0.05) is 0 Å². The molecular weight excluding hydrogens is 126 g/mol. The summed E-state index contributed by atoms with van der Waals surface area (Å²) in [5.41, 5.74) is 0. The van der Waals surface area contributed by atoms with Crippen LogP contribution in [0.5, 0.6) is 0 Å². The molecule has 5 heteroatoms. The second-order valence-corrected chi connectivity index (χ2v) is 1.64. The first kappa shape index (κ1) is 16.0. The molecule has 0 saturated carbocycles. The maximum Gasteiger partial charge on any atom is 0.316 e. The molecule has 0 aliphatic heterocycles. The standard InChI is InChI=1S/Al.Mg.H3OPSi.5H/c;;1-2-3;;;;;/h;;3H3;;;;;. The average molecular weight is 134 g/mol. The largest absolute Gasteiger partial charge is 0.316 e. The van der Waals surface area contributed by atoms with Gasteiger partial charge in [0.1, 0.15) is 17.9 Å². The van der Waals surface area contributed by atoms with Crippen LogP contribution in [0.25, 0.3) is 0 Å². The van der Waals surface area contributed by atoms with E-state index in [0.29, 0.717) is 8.01 Å². The highest BCUT2D eigenvalue weighted by Crippen LogP contribution is 1.64. The van der Waals surface area contributed by atoms with Crippen molar-refractivity contribution in [3.8, 4) is 0 Å². The summed E-state index contributed by atoms with van der Waals surface area (Å²) in [6, 6.07) is 0. The predicted molar refractivity (Wildman–Crippen MR) is 36.0 cm³/mol. The minimum Gasteiger partial charge on any atom is -0.283 e. The van der Waals surface area contributed by atoms with Crippen molar-refractivity contribution in [1.82, 2.24) is 0 Å². The Balaban J connectivity index is -0.0000000200. The summed E-state index contributed by atoms with van der Waals surface area (Å²) in [7, 11) is 1.09. The van der Waals surface area contributed by atoms with Gasteiger partial charge in [-0.2, -0.15) is 0 Å². The van der Waals surface area contributed by atoms with Crippen LogP contribution in [0.2, 0.25) is 0 Å². The van der Waals surface area contributed by atoms with E-state index >= 15 is 0 Å². The molecule has 0 aliphatic carbocycles. The summed E-state index contributed by atoms with van der Waals surface area (Å²) in [5, 5.41) is 0. The van der Waals surface area contributed by atoms with E-state index < -0.39 is 0 Å². The fourth-order valence-corrected chi connectivity index (χ4v) is 0. The first-order valence-electron chi connectivity index (χ1n) is 0.630. The van der Waals surface area contributed by atoms with Crippen LogP contribution < -0.4 is 0 Å². The molecule has 0 saturated heterocycles. The first-order valence-corrected chi connectivity index (χ1v) is 4.57. The van der Waals surface area contributed by atoms with E-state index in [1.54, 1.807) is 0 Å². The summed E-state index contributed by atoms with van der Waals surface area (Å²) in [6.07, 6.45) is 0. The van der Waals surface area contributed by atoms with Crippen molar-refractivity contribution in [2.24, 2.45) is 0 Å². The summed E-state index contributed by atoms with van der Waals surface area (Å²) in [5.74, 6) is 0. The van der Waals surface area contributed by atoms with Crippen molar-refractivity contribution in [2.75, 3.05) is 0 Å². The number of hydrogen-bond donors (Lipinski definition) is 0. The van der Waals surface area contributed by atoms with E-state index in [9.17, 15) is 0 Å². The van der Waals surface area contributed by atoms with Crippen LogP contribution in [-0.4, -0.2) is 50.3 Å². The molecule has 5 heavy (non-hydrogen) atoms. The van der Waals surface area contributed by atoms with Crippen molar-refractivity contribution >= 4 is 58.3 Å². The van der Waals surface area contributed by atoms with Crippen LogP contribution in [0, 0.1) is 0 Å². The summed E-state index contributed by atoms with van der Waals surface area (Å²) < 4.78 is 8.96. The summed E-state index contributed by atoms with van der Waals surface area (Å²) in [6.45, 7) is 0. The van der Waals surface area contributed by atoms with Gasteiger partial charge in [0.05, 0.1) is 0 Å². The molecule has 0 N–H and O–H groups in total. The lowest BCUT2D eigenvalue weighted by molar-refractivity contribution is 0.605. The summed E-state index contributed by atoms with van der Waals surface area (Å²) >= 11 is 0. The van der Waals surface area contributed by atoms with E-state index in [1.807, 2.05) is 0 Å². The molecule has 0 heterocycles. The van der Waals surface area contributed by atoms with E-state index in [1.165, 1.54) is 0 Å². The molecule has 28 valence electrons. The van der Waals surface area contributed by atoms with Crippen LogP contribution in [-0.2, 0) is 4.57 Å². The molecule has 0 bridgehead atoms. The molecular formula is H8AlMgOPSi. The Bertz CT molecular complexity index is 19.1. The molecule has 0 atom stereocenters. The van der Waals surface area contributed by atoms with Gasteiger partial charge < -0.3 is 0 Å². The highest BCUT2D eigenvalue weighted by Gasteiger charge is 1.28. The number of hydrogen-bond acceptors (Lipinski definition) is 1. The molecule has 0 radical (unpaired) electrons. The SMILES string of the molecule is O=P[SiH3].[AlH3].[MgH2]. The highest BCUT2D eigenvalue weighted by molar-refractivity contribution is 7.55. The minimum atomic E-state index is 0. The van der Waals surface area contributed by atoms with Gasteiger partial charge in [0.25, 0.3) is 0 Å². The average Bonchev–Trinajstić information content (AvgIpc) is 0.918. The smallest absolute Gasteiger partial charge is 0.283 e. The molecule has 0 aromatic carbocycles. The van der Waals surface area contributed by atoms with Gasteiger partial charge in [0.15, 0.2) is 17.4 Å². The monoisotopic (exact) mass is 134 g/mol. The molecule has 0 aliphatic rings. The van der Waals surface area contributed by atoms with Crippen molar-refractivity contribution in [3.05, 3.63) is 0 Å². The first-order chi connectivity index (χ1) is 1.41. The molecule has 0 rings (SSSR count). The quantitative estimate of drug-likeness (QED) is 0.264. The minimum absolute atomic E-state index is 0. The van der Waals surface area contributed by atoms with Gasteiger partial charge in [-0.25, -0.2) is 0 Å². The second-order valence-electron chi connectivity index (χ2n) is 0.183. The van der Waals surface area contributed by atoms with E-state index in [-0.39, 0.29) is 40.4 Å². The Morgan fingerprint density at radius 1 is 1.60 bits per heavy atom. The van der Waals surface area contributed by atoms with Crippen LogP contribution >= 0.6 is 8.01 Å². The molecule has 0 aromatic rings. The molecule has 0 fully saturated rings. The third kappa shape index (κ3) is 28.1. The summed E-state index contributed by atoms with van der Waals surface area (Å²) in [4.78, 5) is 0. The predicted octanol–water partition coefficient (Wildman–Crippen LogP) is -2.54. The van der Waals surface area contributed by atoms with Gasteiger partial charge in [-0.3, -0.25) is 4.57 Å². The maximum absolute atomic E-state index is 8.96. The highest BCUT2D eigenvalue weighted by atomic mass is 31.3. The molecule has 0 aromatic heterocycles. The Labute approximate surface area is 62.7 Å². The third-order valence-electron chi connectivity index (χ3n) is 0. The Kier molecular flexibility index (Phi) is 55.8. The van der Waals surface area contributed by atoms with Crippen LogP contribution in [0.3, 0.4) is 0 Å². The maximum atomic E-state index is 8.96. The van der Waals surface area contributed by atoms with E-state index in [0.717, 1.165) is 9.91 Å². The fourth-order valence-electron chi connectivity index (χ4n) is 0. The van der Waals surface area contributed by atoms with Gasteiger partial charge in [0.2, 0.25) is 0 Å². The lowest BCUT2D eigenvalue weighted by Gasteiger charge is -1.20. The van der Waals surface area contributed by atoms with Crippen molar-refractivity contribution in [2.45, 2.75) is 0 Å². The van der Waals surface area contributed by atoms with Crippen molar-refractivity contribution in [3.63, 3.8) is 0 Å². The zero-order valence-corrected chi connectivity index (χ0v) is 4.75. The van der Waals surface area contributed by atoms with Gasteiger partial charge >= 0.3 is 23.1 Å². The van der Waals surface area contributed by atoms with E-state index in [2.05, 4.69) is 0 Å². The van der Waals surface area contributed by atoms with Gasteiger partial charge in [0, 0.05) is 0 Å². The lowest BCUT2D eigenvalue weighted by Crippen LogP contribution is -1.08. The zero-order chi connectivity index (χ0) is 2.71. The van der Waals surface area contributed by atoms with Gasteiger partial charge in [-0.05, 0) is 0 Å². The second kappa shape index (κ2) is 17.5. The molecule has 0 spiro atoms. The van der Waals surface area contributed by atoms with Crippen LogP contribution in [0.1, 0.15) is 0 Å². The molecule has 0 amide bonds. The Morgan fingerprint density at radius 2 is 1.60 bits per heavy atom. The van der Waals surface area contributed by atoms with Crippen molar-refractivity contribution < 1.29 is 4.57 Å². The van der Waals surface area contributed by atoms with Gasteiger partial charge in [-0.15, -0.1) is 0 Å². The van der Waals surface area contributed by atoms with Crippen LogP contribution in [0.15, 0.2) is 0 Å². The fraction of sp³-hybridized carbons (Fsp3) is 0. The molecule has 1 nitrogen and oxygen atoms in total. The van der Waals surface area contributed by atoms with Crippen molar-refractivity contribution in [1.29, 1.82) is 0 Å². The molecule has 0 unspecified atom stereocenters. The normalized spacial score (nSPS) is 4.80. The third-order valence-corrected chi connectivity index (χ3v) is 0. The van der Waals surface area contributed by atoms with Crippen LogP contribution in [0.4, 0.5) is 0 Å². The Morgan fingerprint density at radius 3 is 1.60 bits per heavy atom. The Hall–Kier alpha value is 1.62. The van der Waals surface area contributed by atoms with E-state index in [4.69, 9.17) is 4.57 Å².